The summed E-state index contributed by atoms with van der Waals surface area (Å²) < 4.78 is 3.90. The van der Waals surface area contributed by atoms with Crippen LogP contribution >= 0.6 is 31.9 Å². The van der Waals surface area contributed by atoms with E-state index >= 15 is 0 Å². The Morgan fingerprint density at radius 3 is 3.00 bits per heavy atom. The van der Waals surface area contributed by atoms with Crippen molar-refractivity contribution in [1.29, 1.82) is 0 Å². The number of benzene rings is 1. The number of aromatic nitrogens is 2. The van der Waals surface area contributed by atoms with E-state index in [-0.39, 0.29) is 5.69 Å². The highest BCUT2D eigenvalue weighted by atomic mass is 79.9. The van der Waals surface area contributed by atoms with Gasteiger partial charge in [-0.25, -0.2) is 4.79 Å². The summed E-state index contributed by atoms with van der Waals surface area (Å²) in [6.07, 6.45) is 2.04. The summed E-state index contributed by atoms with van der Waals surface area (Å²) in [5, 5.41) is 0. The lowest BCUT2D eigenvalue weighted by atomic mass is 10.0. The van der Waals surface area contributed by atoms with Gasteiger partial charge in [0.1, 0.15) is 0 Å². The molecule has 5 heteroatoms. The summed E-state index contributed by atoms with van der Waals surface area (Å²) in [6.45, 7) is 0.819. The van der Waals surface area contributed by atoms with Crippen LogP contribution in [0.1, 0.15) is 12.0 Å². The van der Waals surface area contributed by atoms with Crippen LogP contribution < -0.4 is 5.69 Å². The Kier molecular flexibility index (Phi) is 2.07. The Morgan fingerprint density at radius 2 is 2.20 bits per heavy atom. The normalized spacial score (nSPS) is 14.8. The lowest BCUT2D eigenvalue weighted by Gasteiger charge is -2.16. The molecule has 0 saturated carbocycles. The van der Waals surface area contributed by atoms with E-state index in [4.69, 9.17) is 0 Å². The van der Waals surface area contributed by atoms with Crippen LogP contribution in [0.5, 0.6) is 0 Å². The van der Waals surface area contributed by atoms with E-state index in [1.54, 1.807) is 0 Å². The van der Waals surface area contributed by atoms with Gasteiger partial charge < -0.3 is 4.98 Å². The first-order valence-corrected chi connectivity index (χ1v) is 6.36. The van der Waals surface area contributed by atoms with Crippen molar-refractivity contribution in [1.82, 2.24) is 9.55 Å². The van der Waals surface area contributed by atoms with Crippen molar-refractivity contribution in [2.24, 2.45) is 0 Å². The predicted molar refractivity (Wildman–Crippen MR) is 66.3 cm³/mol. The molecule has 0 fully saturated rings. The van der Waals surface area contributed by atoms with Gasteiger partial charge in [0.05, 0.1) is 11.0 Å². The molecule has 0 atom stereocenters. The van der Waals surface area contributed by atoms with Crippen LogP contribution in [0.4, 0.5) is 0 Å². The van der Waals surface area contributed by atoms with Crippen molar-refractivity contribution in [3.05, 3.63) is 31.1 Å². The molecule has 0 radical (unpaired) electrons. The number of imidazole rings is 1. The number of aromatic amines is 1. The Balaban J connectivity index is 2.57. The number of H-pyrrole nitrogens is 1. The number of hydrogen-bond acceptors (Lipinski definition) is 1. The van der Waals surface area contributed by atoms with Gasteiger partial charge >= 0.3 is 5.69 Å². The van der Waals surface area contributed by atoms with Gasteiger partial charge in [0.2, 0.25) is 0 Å². The first-order valence-electron chi connectivity index (χ1n) is 4.78. The maximum absolute atomic E-state index is 11.7. The van der Waals surface area contributed by atoms with Gasteiger partial charge in [0, 0.05) is 15.5 Å². The lowest BCUT2D eigenvalue weighted by molar-refractivity contribution is 0.614. The second kappa shape index (κ2) is 3.22. The van der Waals surface area contributed by atoms with E-state index in [2.05, 4.69) is 36.8 Å². The second-order valence-corrected chi connectivity index (χ2v) is 5.38. The van der Waals surface area contributed by atoms with Gasteiger partial charge in [-0.3, -0.25) is 4.57 Å². The zero-order valence-corrected chi connectivity index (χ0v) is 11.0. The van der Waals surface area contributed by atoms with Gasteiger partial charge in [-0.1, -0.05) is 0 Å². The predicted octanol–water partition coefficient (Wildman–Crippen LogP) is 2.80. The van der Waals surface area contributed by atoms with E-state index < -0.39 is 0 Å². The molecule has 1 aliphatic rings. The van der Waals surface area contributed by atoms with Crippen LogP contribution in [0.3, 0.4) is 0 Å². The molecule has 0 spiro atoms. The maximum atomic E-state index is 11.7. The molecule has 78 valence electrons. The number of nitrogens with zero attached hydrogens (tertiary/aromatic N) is 1. The van der Waals surface area contributed by atoms with Crippen LogP contribution in [0.15, 0.2) is 19.8 Å². The monoisotopic (exact) mass is 330 g/mol. The largest absolute Gasteiger partial charge is 0.326 e. The van der Waals surface area contributed by atoms with Crippen molar-refractivity contribution in [2.75, 3.05) is 0 Å². The van der Waals surface area contributed by atoms with E-state index in [1.807, 2.05) is 10.6 Å². The first kappa shape index (κ1) is 9.66. The number of halogens is 2. The molecule has 3 rings (SSSR count). The van der Waals surface area contributed by atoms with Crippen LogP contribution in [-0.4, -0.2) is 9.55 Å². The SMILES string of the molecule is O=c1[nH]c2cc(Br)c(Br)c3c2n1CCC3. The fraction of sp³-hybridized carbons (Fsp3) is 0.300. The Morgan fingerprint density at radius 1 is 1.40 bits per heavy atom. The second-order valence-electron chi connectivity index (χ2n) is 3.73. The highest BCUT2D eigenvalue weighted by Crippen LogP contribution is 2.35. The fourth-order valence-corrected chi connectivity index (χ4v) is 3.18. The topological polar surface area (TPSA) is 37.8 Å². The minimum Gasteiger partial charge on any atom is -0.305 e. The minimum atomic E-state index is -0.00375. The third-order valence-electron chi connectivity index (χ3n) is 2.85. The molecule has 1 N–H and O–H groups in total. The zero-order valence-electron chi connectivity index (χ0n) is 7.81. The van der Waals surface area contributed by atoms with E-state index in [0.29, 0.717) is 0 Å². The molecular formula is C10H8Br2N2O. The molecular weight excluding hydrogens is 324 g/mol. The minimum absolute atomic E-state index is 0.00375. The standard InChI is InChI=1S/C10H8Br2N2O/c11-6-4-7-9-5(8(6)12)2-1-3-14(9)10(15)13-7/h4H,1-3H2,(H,13,15). The molecule has 1 aromatic heterocycles. The summed E-state index contributed by atoms with van der Waals surface area (Å²) in [4.78, 5) is 14.5. The third kappa shape index (κ3) is 1.26. The molecule has 0 bridgehead atoms. The van der Waals surface area contributed by atoms with Crippen molar-refractivity contribution in [2.45, 2.75) is 19.4 Å². The van der Waals surface area contributed by atoms with E-state index in [1.165, 1.54) is 5.56 Å². The maximum Gasteiger partial charge on any atom is 0.326 e. The van der Waals surface area contributed by atoms with Gasteiger partial charge in [-0.15, -0.1) is 0 Å². The fourth-order valence-electron chi connectivity index (χ4n) is 2.21. The van der Waals surface area contributed by atoms with Crippen LogP contribution in [0.2, 0.25) is 0 Å². The molecule has 0 saturated heterocycles. The highest BCUT2D eigenvalue weighted by molar-refractivity contribution is 9.13. The molecule has 0 aliphatic carbocycles. The van der Waals surface area contributed by atoms with Gasteiger partial charge in [0.15, 0.2) is 0 Å². The summed E-state index contributed by atoms with van der Waals surface area (Å²) in [6, 6.07) is 1.95. The summed E-state index contributed by atoms with van der Waals surface area (Å²) in [5.74, 6) is 0. The molecule has 3 nitrogen and oxygen atoms in total. The molecule has 1 aliphatic heterocycles. The van der Waals surface area contributed by atoms with Crippen LogP contribution in [-0.2, 0) is 13.0 Å². The highest BCUT2D eigenvalue weighted by Gasteiger charge is 2.19. The smallest absolute Gasteiger partial charge is 0.305 e. The molecule has 15 heavy (non-hydrogen) atoms. The molecule has 0 amide bonds. The molecule has 0 unspecified atom stereocenters. The first-order chi connectivity index (χ1) is 7.18. The molecule has 1 aromatic carbocycles. The average Bonchev–Trinajstić information content (AvgIpc) is 2.54. The third-order valence-corrected chi connectivity index (χ3v) is 4.92. The Bertz CT molecular complexity index is 612. The van der Waals surface area contributed by atoms with Crippen LogP contribution in [0.25, 0.3) is 11.0 Å². The zero-order chi connectivity index (χ0) is 10.6. The van der Waals surface area contributed by atoms with Crippen molar-refractivity contribution in [3.63, 3.8) is 0 Å². The van der Waals surface area contributed by atoms with E-state index in [0.717, 1.165) is 39.4 Å². The lowest BCUT2D eigenvalue weighted by Crippen LogP contribution is -2.20. The van der Waals surface area contributed by atoms with Gasteiger partial charge in [-0.05, 0) is 56.3 Å². The number of aryl methyl sites for hydroxylation is 2. The average molecular weight is 332 g/mol. The number of rotatable bonds is 0. The van der Waals surface area contributed by atoms with Crippen molar-refractivity contribution in [3.8, 4) is 0 Å². The summed E-state index contributed by atoms with van der Waals surface area (Å²) in [7, 11) is 0. The van der Waals surface area contributed by atoms with E-state index in [9.17, 15) is 4.79 Å². The summed E-state index contributed by atoms with van der Waals surface area (Å²) in [5.41, 5.74) is 3.20. The Hall–Kier alpha value is -0.550. The molecule has 2 aromatic rings. The van der Waals surface area contributed by atoms with Crippen molar-refractivity contribution >= 4 is 42.9 Å². The van der Waals surface area contributed by atoms with Gasteiger partial charge in [-0.2, -0.15) is 0 Å². The number of hydrogen-bond donors (Lipinski definition) is 1. The van der Waals surface area contributed by atoms with Gasteiger partial charge in [0.25, 0.3) is 0 Å². The Labute approximate surface area is 103 Å². The number of nitrogens with one attached hydrogen (secondary N) is 1. The quantitative estimate of drug-likeness (QED) is 0.792. The molecule has 2 heterocycles. The van der Waals surface area contributed by atoms with Crippen LogP contribution in [0, 0.1) is 0 Å². The van der Waals surface area contributed by atoms with Crippen molar-refractivity contribution < 1.29 is 0 Å². The summed E-state index contributed by atoms with van der Waals surface area (Å²) >= 11 is 7.05.